The molecule has 1 fully saturated rings. The van der Waals surface area contributed by atoms with E-state index in [9.17, 15) is 4.79 Å². The predicted molar refractivity (Wildman–Crippen MR) is 108 cm³/mol. The molecule has 4 rings (SSSR count). The standard InChI is InChI=1S/C19H22N4O3S2/c24-17(5-6-18-21-19(22-26-18)16-4-2-12-28-16)20-13-14(15-3-1-11-27-15)23-7-9-25-10-8-23/h1-4,11-12,14H,5-10,13H2,(H,20,24). The number of nitrogens with one attached hydrogen (secondary N) is 1. The average Bonchev–Trinajstić information content (AvgIpc) is 3.49. The average molecular weight is 419 g/mol. The maximum absolute atomic E-state index is 12.4. The predicted octanol–water partition coefficient (Wildman–Crippen LogP) is 2.98. The summed E-state index contributed by atoms with van der Waals surface area (Å²) in [6, 6.07) is 8.25. The Morgan fingerprint density at radius 3 is 2.79 bits per heavy atom. The normalized spacial score (nSPS) is 16.1. The molecule has 28 heavy (non-hydrogen) atoms. The number of aromatic nitrogens is 2. The molecule has 0 aromatic carbocycles. The second kappa shape index (κ2) is 9.42. The van der Waals surface area contributed by atoms with Crippen LogP contribution < -0.4 is 5.32 Å². The number of aryl methyl sites for hydroxylation is 1. The Labute approximate surface area is 171 Å². The Morgan fingerprint density at radius 1 is 1.21 bits per heavy atom. The van der Waals surface area contributed by atoms with E-state index in [1.54, 1.807) is 22.7 Å². The molecule has 3 aromatic heterocycles. The quantitative estimate of drug-likeness (QED) is 0.606. The molecule has 1 atom stereocenters. The van der Waals surface area contributed by atoms with Gasteiger partial charge in [0.15, 0.2) is 0 Å². The minimum atomic E-state index is -0.00862. The lowest BCUT2D eigenvalue weighted by Crippen LogP contribution is -2.43. The summed E-state index contributed by atoms with van der Waals surface area (Å²) in [6.45, 7) is 3.82. The SMILES string of the molecule is O=C(CCc1nc(-c2cccs2)no1)NCC(c1cccs1)N1CCOCC1. The summed E-state index contributed by atoms with van der Waals surface area (Å²) in [5.41, 5.74) is 0. The van der Waals surface area contributed by atoms with Gasteiger partial charge in [0.1, 0.15) is 0 Å². The maximum Gasteiger partial charge on any atom is 0.227 e. The molecule has 7 nitrogen and oxygen atoms in total. The van der Waals surface area contributed by atoms with Gasteiger partial charge < -0.3 is 14.6 Å². The Hall–Kier alpha value is -2.07. The number of thiophene rings is 2. The molecular formula is C19H22N4O3S2. The molecule has 1 aliphatic rings. The number of amides is 1. The van der Waals surface area contributed by atoms with Crippen LogP contribution in [-0.4, -0.2) is 53.8 Å². The summed E-state index contributed by atoms with van der Waals surface area (Å²) >= 11 is 3.28. The molecule has 1 aliphatic heterocycles. The third-order valence-electron chi connectivity index (χ3n) is 4.63. The summed E-state index contributed by atoms with van der Waals surface area (Å²) in [6.07, 6.45) is 0.762. The first-order chi connectivity index (χ1) is 13.8. The van der Waals surface area contributed by atoms with Crippen LogP contribution in [0.3, 0.4) is 0 Å². The van der Waals surface area contributed by atoms with E-state index in [0.717, 1.165) is 31.2 Å². The van der Waals surface area contributed by atoms with Crippen molar-refractivity contribution in [2.45, 2.75) is 18.9 Å². The Morgan fingerprint density at radius 2 is 2.04 bits per heavy atom. The largest absolute Gasteiger partial charge is 0.379 e. The van der Waals surface area contributed by atoms with Gasteiger partial charge in [0.2, 0.25) is 17.6 Å². The molecule has 9 heteroatoms. The van der Waals surface area contributed by atoms with Crippen LogP contribution in [0, 0.1) is 0 Å². The van der Waals surface area contributed by atoms with E-state index in [-0.39, 0.29) is 11.9 Å². The Kier molecular flexibility index (Phi) is 6.48. The van der Waals surface area contributed by atoms with Crippen molar-refractivity contribution in [2.24, 2.45) is 0 Å². The van der Waals surface area contributed by atoms with Crippen LogP contribution in [0.25, 0.3) is 10.7 Å². The van der Waals surface area contributed by atoms with E-state index in [1.807, 2.05) is 17.5 Å². The number of hydrogen-bond acceptors (Lipinski definition) is 8. The molecule has 0 aliphatic carbocycles. The molecule has 1 N–H and O–H groups in total. The smallest absolute Gasteiger partial charge is 0.227 e. The zero-order chi connectivity index (χ0) is 19.2. The number of morpholine rings is 1. The molecule has 3 aromatic rings. The van der Waals surface area contributed by atoms with Gasteiger partial charge in [0.25, 0.3) is 0 Å². The molecule has 148 valence electrons. The van der Waals surface area contributed by atoms with Gasteiger partial charge in [0.05, 0.1) is 24.1 Å². The first kappa shape index (κ1) is 19.3. The topological polar surface area (TPSA) is 80.5 Å². The second-order valence-corrected chi connectivity index (χ2v) is 8.40. The van der Waals surface area contributed by atoms with Crippen molar-refractivity contribution in [2.75, 3.05) is 32.8 Å². The minimum Gasteiger partial charge on any atom is -0.379 e. The van der Waals surface area contributed by atoms with Crippen LogP contribution in [0.2, 0.25) is 0 Å². The molecule has 1 amide bonds. The van der Waals surface area contributed by atoms with Gasteiger partial charge in [-0.3, -0.25) is 9.69 Å². The summed E-state index contributed by atoms with van der Waals surface area (Å²) in [7, 11) is 0. The monoisotopic (exact) mass is 418 g/mol. The summed E-state index contributed by atoms with van der Waals surface area (Å²) in [5, 5.41) is 11.1. The van der Waals surface area contributed by atoms with E-state index in [1.165, 1.54) is 4.88 Å². The van der Waals surface area contributed by atoms with Gasteiger partial charge >= 0.3 is 0 Å². The number of rotatable bonds is 8. The molecule has 4 heterocycles. The molecule has 0 bridgehead atoms. The molecule has 0 saturated carbocycles. The van der Waals surface area contributed by atoms with E-state index < -0.39 is 0 Å². The fraction of sp³-hybridized carbons (Fsp3) is 0.421. The highest BCUT2D eigenvalue weighted by Crippen LogP contribution is 2.25. The highest BCUT2D eigenvalue weighted by atomic mass is 32.1. The van der Waals surface area contributed by atoms with Crippen LogP contribution in [0.4, 0.5) is 0 Å². The van der Waals surface area contributed by atoms with Crippen LogP contribution in [0.1, 0.15) is 23.2 Å². The lowest BCUT2D eigenvalue weighted by molar-refractivity contribution is -0.121. The van der Waals surface area contributed by atoms with E-state index in [2.05, 4.69) is 37.9 Å². The highest BCUT2D eigenvalue weighted by molar-refractivity contribution is 7.13. The summed E-state index contributed by atoms with van der Waals surface area (Å²) < 4.78 is 10.7. The van der Waals surface area contributed by atoms with E-state index in [4.69, 9.17) is 9.26 Å². The first-order valence-electron chi connectivity index (χ1n) is 9.28. The third kappa shape index (κ3) is 4.85. The molecule has 1 saturated heterocycles. The van der Waals surface area contributed by atoms with Crippen molar-refractivity contribution in [1.29, 1.82) is 0 Å². The maximum atomic E-state index is 12.4. The molecular weight excluding hydrogens is 396 g/mol. The van der Waals surface area contributed by atoms with Crippen molar-refractivity contribution in [3.05, 3.63) is 45.8 Å². The first-order valence-corrected chi connectivity index (χ1v) is 11.0. The Balaban J connectivity index is 1.29. The number of hydrogen-bond donors (Lipinski definition) is 1. The van der Waals surface area contributed by atoms with Crippen molar-refractivity contribution >= 4 is 28.6 Å². The molecule has 1 unspecified atom stereocenters. The van der Waals surface area contributed by atoms with Gasteiger partial charge in [0, 0.05) is 37.4 Å². The fourth-order valence-electron chi connectivity index (χ4n) is 3.16. The van der Waals surface area contributed by atoms with Crippen LogP contribution in [0.15, 0.2) is 39.5 Å². The lowest BCUT2D eigenvalue weighted by atomic mass is 10.2. The zero-order valence-corrected chi connectivity index (χ0v) is 17.0. The van der Waals surface area contributed by atoms with Gasteiger partial charge in [-0.25, -0.2) is 0 Å². The van der Waals surface area contributed by atoms with E-state index in [0.29, 0.717) is 31.1 Å². The molecule has 0 spiro atoms. The number of carbonyl (C=O) groups is 1. The number of carbonyl (C=O) groups excluding carboxylic acids is 1. The van der Waals surface area contributed by atoms with Crippen molar-refractivity contribution in [1.82, 2.24) is 20.4 Å². The van der Waals surface area contributed by atoms with Crippen molar-refractivity contribution in [3.63, 3.8) is 0 Å². The van der Waals surface area contributed by atoms with Gasteiger partial charge in [-0.05, 0) is 22.9 Å². The second-order valence-electron chi connectivity index (χ2n) is 6.47. The van der Waals surface area contributed by atoms with Crippen molar-refractivity contribution in [3.8, 4) is 10.7 Å². The zero-order valence-electron chi connectivity index (χ0n) is 15.4. The van der Waals surface area contributed by atoms with E-state index >= 15 is 0 Å². The lowest BCUT2D eigenvalue weighted by Gasteiger charge is -2.34. The van der Waals surface area contributed by atoms with Crippen LogP contribution in [-0.2, 0) is 16.0 Å². The Bertz CT molecular complexity index is 858. The summed E-state index contributed by atoms with van der Waals surface area (Å²) in [5.74, 6) is 1.06. The van der Waals surface area contributed by atoms with Crippen molar-refractivity contribution < 1.29 is 14.1 Å². The van der Waals surface area contributed by atoms with Crippen LogP contribution >= 0.6 is 22.7 Å². The summed E-state index contributed by atoms with van der Waals surface area (Å²) in [4.78, 5) is 21.3. The number of ether oxygens (including phenoxy) is 1. The van der Waals surface area contributed by atoms with Crippen LogP contribution in [0.5, 0.6) is 0 Å². The molecule has 0 radical (unpaired) electrons. The minimum absolute atomic E-state index is 0.00862. The fourth-order valence-corrected chi connectivity index (χ4v) is 4.67. The highest BCUT2D eigenvalue weighted by Gasteiger charge is 2.24. The van der Waals surface area contributed by atoms with Gasteiger partial charge in [-0.2, -0.15) is 4.98 Å². The number of nitrogens with zero attached hydrogens (tertiary/aromatic N) is 3. The van der Waals surface area contributed by atoms with Gasteiger partial charge in [-0.1, -0.05) is 17.3 Å². The third-order valence-corrected chi connectivity index (χ3v) is 6.47. The van der Waals surface area contributed by atoms with Gasteiger partial charge in [-0.15, -0.1) is 22.7 Å².